The molecule has 1 aliphatic carbocycles. The van der Waals surface area contributed by atoms with Gasteiger partial charge in [-0.3, -0.25) is 0 Å². The molecule has 1 aromatic carbocycles. The number of nitrogens with one attached hydrogen (secondary N) is 1. The van der Waals surface area contributed by atoms with Gasteiger partial charge in [0.15, 0.2) is 0 Å². The third-order valence-corrected chi connectivity index (χ3v) is 4.16. The largest absolute Gasteiger partial charge is 0.416 e. The minimum Gasteiger partial charge on any atom is -0.316 e. The van der Waals surface area contributed by atoms with E-state index >= 15 is 0 Å². The van der Waals surface area contributed by atoms with Gasteiger partial charge in [-0.2, -0.15) is 13.2 Å². The summed E-state index contributed by atoms with van der Waals surface area (Å²) in [6.45, 7) is 1.97. The number of alkyl halides is 3. The first-order valence-corrected chi connectivity index (χ1v) is 5.91. The average molecular weight is 241 g/mol. The summed E-state index contributed by atoms with van der Waals surface area (Å²) >= 11 is 0. The van der Waals surface area contributed by atoms with Gasteiger partial charge in [0.2, 0.25) is 0 Å². The predicted octanol–water partition coefficient (Wildman–Crippen LogP) is 2.96. The second kappa shape index (κ2) is 3.48. The molecule has 2 unspecified atom stereocenters. The van der Waals surface area contributed by atoms with Crippen molar-refractivity contribution in [3.8, 4) is 0 Å². The molecule has 2 aliphatic rings. The van der Waals surface area contributed by atoms with Crippen LogP contribution in [0.4, 0.5) is 13.2 Å². The third-order valence-electron chi connectivity index (χ3n) is 4.16. The monoisotopic (exact) mass is 241 g/mol. The number of halogens is 3. The van der Waals surface area contributed by atoms with Crippen LogP contribution in [0, 0.1) is 5.92 Å². The maximum Gasteiger partial charge on any atom is 0.416 e. The lowest BCUT2D eigenvalue weighted by Gasteiger charge is -2.23. The summed E-state index contributed by atoms with van der Waals surface area (Å²) in [5.41, 5.74) is 0.704. The van der Waals surface area contributed by atoms with Crippen LogP contribution in [-0.2, 0) is 11.6 Å². The van der Waals surface area contributed by atoms with E-state index in [1.807, 2.05) is 0 Å². The Labute approximate surface area is 98.0 Å². The van der Waals surface area contributed by atoms with Crippen molar-refractivity contribution < 1.29 is 13.2 Å². The van der Waals surface area contributed by atoms with Crippen molar-refractivity contribution in [3.63, 3.8) is 0 Å². The molecule has 0 radical (unpaired) electrons. The van der Waals surface area contributed by atoms with Crippen LogP contribution in [0.2, 0.25) is 0 Å². The first kappa shape index (κ1) is 11.1. The summed E-state index contributed by atoms with van der Waals surface area (Å²) in [7, 11) is 0. The Morgan fingerprint density at radius 2 is 1.88 bits per heavy atom. The number of piperidine rings is 1. The fourth-order valence-electron chi connectivity index (χ4n) is 3.03. The van der Waals surface area contributed by atoms with Crippen molar-refractivity contribution in [2.45, 2.75) is 24.4 Å². The summed E-state index contributed by atoms with van der Waals surface area (Å²) in [6.07, 6.45) is -2.07. The molecule has 1 saturated carbocycles. The molecule has 0 bridgehead atoms. The standard InChI is InChI=1S/C13H14F3N/c14-13(15,16)10-3-1-9(2-4-10)12-5-6-17-8-11(12)7-12/h1-4,11,17H,5-8H2. The van der Waals surface area contributed by atoms with Gasteiger partial charge in [-0.1, -0.05) is 12.1 Å². The SMILES string of the molecule is FC(F)(F)c1ccc(C23CCNCC2C3)cc1. The van der Waals surface area contributed by atoms with Gasteiger partial charge in [-0.15, -0.1) is 0 Å². The summed E-state index contributed by atoms with van der Waals surface area (Å²) in [5, 5.41) is 3.33. The summed E-state index contributed by atoms with van der Waals surface area (Å²) in [4.78, 5) is 0. The van der Waals surface area contributed by atoms with E-state index in [9.17, 15) is 13.2 Å². The molecular weight excluding hydrogens is 227 g/mol. The molecule has 3 rings (SSSR count). The highest BCUT2D eigenvalue weighted by Gasteiger charge is 2.55. The van der Waals surface area contributed by atoms with Gasteiger partial charge in [-0.25, -0.2) is 0 Å². The fraction of sp³-hybridized carbons (Fsp3) is 0.538. The van der Waals surface area contributed by atoms with E-state index in [2.05, 4.69) is 5.32 Å². The number of rotatable bonds is 1. The zero-order chi connectivity index (χ0) is 12.1. The first-order valence-electron chi connectivity index (χ1n) is 5.91. The van der Waals surface area contributed by atoms with E-state index in [1.54, 1.807) is 12.1 Å². The van der Waals surface area contributed by atoms with Crippen LogP contribution >= 0.6 is 0 Å². The molecule has 17 heavy (non-hydrogen) atoms. The van der Waals surface area contributed by atoms with Crippen LogP contribution in [0.15, 0.2) is 24.3 Å². The van der Waals surface area contributed by atoms with Crippen molar-refractivity contribution in [1.82, 2.24) is 5.32 Å². The van der Waals surface area contributed by atoms with Gasteiger partial charge >= 0.3 is 6.18 Å². The molecule has 2 fully saturated rings. The van der Waals surface area contributed by atoms with Gasteiger partial charge in [0.1, 0.15) is 0 Å². The maximum atomic E-state index is 12.5. The summed E-state index contributed by atoms with van der Waals surface area (Å²) in [5.74, 6) is 0.619. The highest BCUT2D eigenvalue weighted by Crippen LogP contribution is 2.57. The Balaban J connectivity index is 1.86. The van der Waals surface area contributed by atoms with E-state index in [0.717, 1.165) is 31.5 Å². The number of hydrogen-bond acceptors (Lipinski definition) is 1. The lowest BCUT2D eigenvalue weighted by Crippen LogP contribution is -2.31. The predicted molar refractivity (Wildman–Crippen MR) is 58.7 cm³/mol. The van der Waals surface area contributed by atoms with E-state index in [4.69, 9.17) is 0 Å². The smallest absolute Gasteiger partial charge is 0.316 e. The molecule has 0 aromatic heterocycles. The molecule has 1 heterocycles. The van der Waals surface area contributed by atoms with Crippen LogP contribution < -0.4 is 5.32 Å². The van der Waals surface area contributed by atoms with Crippen molar-refractivity contribution in [3.05, 3.63) is 35.4 Å². The lowest BCUT2D eigenvalue weighted by atomic mass is 9.87. The molecule has 1 aliphatic heterocycles. The first-order chi connectivity index (χ1) is 8.02. The molecule has 0 amide bonds. The van der Waals surface area contributed by atoms with Crippen LogP contribution in [0.5, 0.6) is 0 Å². The quantitative estimate of drug-likeness (QED) is 0.797. The van der Waals surface area contributed by atoms with Gasteiger partial charge in [0, 0.05) is 5.41 Å². The highest BCUT2D eigenvalue weighted by atomic mass is 19.4. The second-order valence-electron chi connectivity index (χ2n) is 5.09. The Hall–Kier alpha value is -1.03. The second-order valence-corrected chi connectivity index (χ2v) is 5.09. The lowest BCUT2D eigenvalue weighted by molar-refractivity contribution is -0.137. The van der Waals surface area contributed by atoms with Crippen molar-refractivity contribution in [2.75, 3.05) is 13.1 Å². The van der Waals surface area contributed by atoms with Crippen molar-refractivity contribution in [1.29, 1.82) is 0 Å². The van der Waals surface area contributed by atoms with E-state index < -0.39 is 11.7 Å². The minimum atomic E-state index is -4.23. The van der Waals surface area contributed by atoms with E-state index in [0.29, 0.717) is 5.92 Å². The zero-order valence-corrected chi connectivity index (χ0v) is 9.35. The Morgan fingerprint density at radius 1 is 1.18 bits per heavy atom. The Bertz CT molecular complexity index is 423. The number of fused-ring (bicyclic) bond motifs is 1. The molecule has 4 heteroatoms. The molecule has 1 aromatic rings. The molecule has 0 spiro atoms. The fourth-order valence-corrected chi connectivity index (χ4v) is 3.03. The van der Waals surface area contributed by atoms with Crippen LogP contribution in [0.25, 0.3) is 0 Å². The summed E-state index contributed by atoms with van der Waals surface area (Å²) < 4.78 is 37.4. The third kappa shape index (κ3) is 1.75. The summed E-state index contributed by atoms with van der Waals surface area (Å²) in [6, 6.07) is 5.74. The van der Waals surface area contributed by atoms with E-state index in [-0.39, 0.29) is 5.41 Å². The van der Waals surface area contributed by atoms with Crippen molar-refractivity contribution >= 4 is 0 Å². The molecule has 1 saturated heterocycles. The van der Waals surface area contributed by atoms with Crippen molar-refractivity contribution in [2.24, 2.45) is 5.92 Å². The number of hydrogen-bond donors (Lipinski definition) is 1. The molecule has 1 N–H and O–H groups in total. The maximum absolute atomic E-state index is 12.5. The van der Waals surface area contributed by atoms with E-state index in [1.165, 1.54) is 12.1 Å². The normalized spacial score (nSPS) is 32.1. The zero-order valence-electron chi connectivity index (χ0n) is 9.35. The van der Waals surface area contributed by atoms with Gasteiger partial charge in [0.25, 0.3) is 0 Å². The molecule has 92 valence electrons. The highest BCUT2D eigenvalue weighted by molar-refractivity contribution is 5.37. The minimum absolute atomic E-state index is 0.176. The Morgan fingerprint density at radius 3 is 2.47 bits per heavy atom. The molecular formula is C13H14F3N. The van der Waals surface area contributed by atoms with Gasteiger partial charge < -0.3 is 5.32 Å². The van der Waals surface area contributed by atoms with Gasteiger partial charge in [-0.05, 0) is 49.5 Å². The number of benzene rings is 1. The van der Waals surface area contributed by atoms with Crippen LogP contribution in [0.1, 0.15) is 24.0 Å². The van der Waals surface area contributed by atoms with Crippen LogP contribution in [0.3, 0.4) is 0 Å². The van der Waals surface area contributed by atoms with Gasteiger partial charge in [0.05, 0.1) is 5.56 Å². The molecule has 2 atom stereocenters. The topological polar surface area (TPSA) is 12.0 Å². The Kier molecular flexibility index (Phi) is 2.27. The molecule has 1 nitrogen and oxygen atoms in total. The van der Waals surface area contributed by atoms with Crippen LogP contribution in [-0.4, -0.2) is 13.1 Å². The average Bonchev–Trinajstić information content (AvgIpc) is 3.03.